The Morgan fingerprint density at radius 1 is 1.11 bits per heavy atom. The second kappa shape index (κ2) is 10.8. The van der Waals surface area contributed by atoms with Crippen LogP contribution in [-0.2, 0) is 4.79 Å². The SMILES string of the molecule is CC#CC(CC(=O)O)c1ccc(OC[C@H]2COc3ccc(-c4cc(OC)ccc4F)cc3O2)cc1. The highest BCUT2D eigenvalue weighted by Gasteiger charge is 2.23. The number of ether oxygens (including phenoxy) is 4. The molecule has 1 heterocycles. The molecule has 3 aromatic rings. The second-order valence-electron chi connectivity index (χ2n) is 7.98. The van der Waals surface area contributed by atoms with Crippen molar-refractivity contribution in [3.8, 4) is 46.0 Å². The summed E-state index contributed by atoms with van der Waals surface area (Å²) < 4.78 is 37.4. The third-order valence-corrected chi connectivity index (χ3v) is 5.56. The molecule has 1 aliphatic rings. The Morgan fingerprint density at radius 3 is 2.60 bits per heavy atom. The summed E-state index contributed by atoms with van der Waals surface area (Å²) in [6, 6.07) is 17.0. The van der Waals surface area contributed by atoms with Crippen LogP contribution in [-0.4, -0.2) is 37.5 Å². The van der Waals surface area contributed by atoms with Crippen molar-refractivity contribution >= 4 is 5.97 Å². The first-order valence-corrected chi connectivity index (χ1v) is 11.1. The number of methoxy groups -OCH3 is 1. The summed E-state index contributed by atoms with van der Waals surface area (Å²) in [5.41, 5.74) is 1.87. The number of benzene rings is 3. The highest BCUT2D eigenvalue weighted by Crippen LogP contribution is 2.37. The second-order valence-corrected chi connectivity index (χ2v) is 7.98. The number of hydrogen-bond donors (Lipinski definition) is 1. The van der Waals surface area contributed by atoms with Gasteiger partial charge in [-0.05, 0) is 60.5 Å². The first-order chi connectivity index (χ1) is 17.0. The van der Waals surface area contributed by atoms with E-state index in [9.17, 15) is 9.18 Å². The van der Waals surface area contributed by atoms with Crippen molar-refractivity contribution in [2.75, 3.05) is 20.3 Å². The van der Waals surface area contributed by atoms with Crippen molar-refractivity contribution in [1.82, 2.24) is 0 Å². The van der Waals surface area contributed by atoms with Crippen LogP contribution in [0.3, 0.4) is 0 Å². The Hall–Kier alpha value is -4.18. The maximum Gasteiger partial charge on any atom is 0.304 e. The Kier molecular flexibility index (Phi) is 7.41. The lowest BCUT2D eigenvalue weighted by molar-refractivity contribution is -0.137. The Balaban J connectivity index is 1.41. The molecular formula is C28H25FO6. The van der Waals surface area contributed by atoms with Gasteiger partial charge in [-0.1, -0.05) is 24.1 Å². The van der Waals surface area contributed by atoms with Gasteiger partial charge < -0.3 is 24.1 Å². The van der Waals surface area contributed by atoms with E-state index in [1.807, 2.05) is 12.1 Å². The number of carbonyl (C=O) groups is 1. The third kappa shape index (κ3) is 5.85. The smallest absolute Gasteiger partial charge is 0.304 e. The fourth-order valence-electron chi connectivity index (χ4n) is 3.80. The maximum absolute atomic E-state index is 14.4. The lowest BCUT2D eigenvalue weighted by Gasteiger charge is -2.27. The number of rotatable bonds is 8. The minimum atomic E-state index is -0.898. The van der Waals surface area contributed by atoms with E-state index >= 15 is 0 Å². The van der Waals surface area contributed by atoms with Gasteiger partial charge in [0.05, 0.1) is 19.4 Å². The van der Waals surface area contributed by atoms with E-state index in [4.69, 9.17) is 24.1 Å². The number of hydrogen-bond acceptors (Lipinski definition) is 5. The van der Waals surface area contributed by atoms with E-state index in [0.717, 1.165) is 5.56 Å². The minimum Gasteiger partial charge on any atom is -0.497 e. The van der Waals surface area contributed by atoms with Crippen LogP contribution in [0.5, 0.6) is 23.0 Å². The van der Waals surface area contributed by atoms with Gasteiger partial charge in [0, 0.05) is 5.56 Å². The van der Waals surface area contributed by atoms with Gasteiger partial charge in [0.2, 0.25) is 0 Å². The highest BCUT2D eigenvalue weighted by atomic mass is 19.1. The molecule has 0 saturated carbocycles. The largest absolute Gasteiger partial charge is 0.497 e. The molecule has 0 bridgehead atoms. The van der Waals surface area contributed by atoms with Crippen molar-refractivity contribution in [3.05, 3.63) is 72.0 Å². The minimum absolute atomic E-state index is 0.0602. The Labute approximate surface area is 203 Å². The maximum atomic E-state index is 14.4. The van der Waals surface area contributed by atoms with E-state index in [0.29, 0.717) is 40.7 Å². The zero-order valence-electron chi connectivity index (χ0n) is 19.4. The molecule has 0 amide bonds. The molecule has 180 valence electrons. The molecule has 0 spiro atoms. The molecule has 0 aromatic heterocycles. The van der Waals surface area contributed by atoms with Crippen molar-refractivity contribution < 1.29 is 33.2 Å². The third-order valence-electron chi connectivity index (χ3n) is 5.56. The molecule has 6 nitrogen and oxygen atoms in total. The van der Waals surface area contributed by atoms with E-state index in [-0.39, 0.29) is 30.9 Å². The van der Waals surface area contributed by atoms with Crippen molar-refractivity contribution in [3.63, 3.8) is 0 Å². The fraction of sp³-hybridized carbons (Fsp3) is 0.250. The highest BCUT2D eigenvalue weighted by molar-refractivity contribution is 5.70. The van der Waals surface area contributed by atoms with Crippen LogP contribution in [0.15, 0.2) is 60.7 Å². The van der Waals surface area contributed by atoms with E-state index in [1.54, 1.807) is 49.4 Å². The fourth-order valence-corrected chi connectivity index (χ4v) is 3.80. The lowest BCUT2D eigenvalue weighted by atomic mass is 9.96. The summed E-state index contributed by atoms with van der Waals surface area (Å²) in [7, 11) is 1.53. The summed E-state index contributed by atoms with van der Waals surface area (Å²) >= 11 is 0. The summed E-state index contributed by atoms with van der Waals surface area (Å²) in [6.45, 7) is 2.24. The van der Waals surface area contributed by atoms with Crippen LogP contribution in [0, 0.1) is 17.7 Å². The van der Waals surface area contributed by atoms with Gasteiger partial charge in [0.25, 0.3) is 0 Å². The van der Waals surface area contributed by atoms with E-state index in [1.165, 1.54) is 13.2 Å². The van der Waals surface area contributed by atoms with Crippen molar-refractivity contribution in [2.45, 2.75) is 25.4 Å². The number of aliphatic carboxylic acids is 1. The molecule has 4 rings (SSSR count). The quantitative estimate of drug-likeness (QED) is 0.445. The average molecular weight is 477 g/mol. The predicted octanol–water partition coefficient (Wildman–Crippen LogP) is 5.30. The standard InChI is InChI=1S/C28H25FO6/c1-3-4-19(14-28(30)31)18-5-8-21(9-6-18)33-16-23-17-34-26-12-7-20(13-27(26)35-23)24-15-22(32-2)10-11-25(24)29/h5-13,15,19,23H,14,16-17H2,1-2H3,(H,30,31)/t19?,23-/m0/s1. The molecule has 0 fully saturated rings. The van der Waals surface area contributed by atoms with Crippen molar-refractivity contribution in [2.24, 2.45) is 0 Å². The van der Waals surface area contributed by atoms with Gasteiger partial charge in [0.15, 0.2) is 17.6 Å². The molecule has 7 heteroatoms. The predicted molar refractivity (Wildman–Crippen MR) is 129 cm³/mol. The van der Waals surface area contributed by atoms with Crippen LogP contribution in [0.4, 0.5) is 4.39 Å². The zero-order valence-corrected chi connectivity index (χ0v) is 19.4. The van der Waals surface area contributed by atoms with Gasteiger partial charge in [-0.3, -0.25) is 4.79 Å². The molecule has 2 atom stereocenters. The molecule has 3 aromatic carbocycles. The molecule has 1 aliphatic heterocycles. The number of fused-ring (bicyclic) bond motifs is 1. The summed E-state index contributed by atoms with van der Waals surface area (Å²) in [4.78, 5) is 11.1. The Bertz CT molecular complexity index is 1260. The van der Waals surface area contributed by atoms with E-state index in [2.05, 4.69) is 11.8 Å². The summed E-state index contributed by atoms with van der Waals surface area (Å²) in [5, 5.41) is 9.10. The number of halogens is 1. The first kappa shape index (κ1) is 24.0. The van der Waals surface area contributed by atoms with Gasteiger partial charge >= 0.3 is 5.97 Å². The van der Waals surface area contributed by atoms with Crippen LogP contribution < -0.4 is 18.9 Å². The normalized spacial score (nSPS) is 14.9. The van der Waals surface area contributed by atoms with Crippen LogP contribution >= 0.6 is 0 Å². The molecule has 1 N–H and O–H groups in total. The molecule has 0 saturated heterocycles. The van der Waals surface area contributed by atoms with Gasteiger partial charge in [0.1, 0.15) is 30.5 Å². The molecule has 0 aliphatic carbocycles. The first-order valence-electron chi connectivity index (χ1n) is 11.1. The topological polar surface area (TPSA) is 74.2 Å². The zero-order chi connectivity index (χ0) is 24.8. The molecule has 0 radical (unpaired) electrons. The molecule has 1 unspecified atom stereocenters. The summed E-state index contributed by atoms with van der Waals surface area (Å²) in [6.07, 6.45) is -0.423. The van der Waals surface area contributed by atoms with Crippen LogP contribution in [0.25, 0.3) is 11.1 Å². The van der Waals surface area contributed by atoms with Crippen LogP contribution in [0.2, 0.25) is 0 Å². The number of carboxylic acid groups (broad SMARTS) is 1. The lowest BCUT2D eigenvalue weighted by Crippen LogP contribution is -2.34. The van der Waals surface area contributed by atoms with Crippen LogP contribution in [0.1, 0.15) is 24.8 Å². The van der Waals surface area contributed by atoms with Crippen molar-refractivity contribution in [1.29, 1.82) is 0 Å². The molecule has 35 heavy (non-hydrogen) atoms. The monoisotopic (exact) mass is 476 g/mol. The van der Waals surface area contributed by atoms with Gasteiger partial charge in [-0.2, -0.15) is 0 Å². The summed E-state index contributed by atoms with van der Waals surface area (Å²) in [5.74, 6) is 6.35. The van der Waals surface area contributed by atoms with E-state index < -0.39 is 5.97 Å². The van der Waals surface area contributed by atoms with Gasteiger partial charge in [-0.25, -0.2) is 4.39 Å². The number of carboxylic acids is 1. The van der Waals surface area contributed by atoms with Gasteiger partial charge in [-0.15, -0.1) is 5.92 Å². The average Bonchev–Trinajstić information content (AvgIpc) is 2.87. The Morgan fingerprint density at radius 2 is 1.89 bits per heavy atom. The molecular weight excluding hydrogens is 451 g/mol.